The molecule has 1 aromatic heterocycles. The Hall–Kier alpha value is -2.66. The summed E-state index contributed by atoms with van der Waals surface area (Å²) in [5.74, 6) is -0.401. The van der Waals surface area contributed by atoms with E-state index < -0.39 is 5.97 Å². The zero-order valence-electron chi connectivity index (χ0n) is 13.2. The van der Waals surface area contributed by atoms with Gasteiger partial charge < -0.3 is 4.74 Å². The van der Waals surface area contributed by atoms with E-state index in [4.69, 9.17) is 4.74 Å². The standard InChI is InChI=1S/C19H16N2O2S/c1-2-23-19(22)18-5-3-4-17(21-18)16-8-6-14(7-9-16)15-10-12-20-24-13-11-15/h3-13H,2H2,1H3. The third kappa shape index (κ3) is 3.81. The Morgan fingerprint density at radius 3 is 2.71 bits per heavy atom. The number of hydrogen-bond acceptors (Lipinski definition) is 5. The molecule has 1 aliphatic rings. The van der Waals surface area contributed by atoms with Crippen molar-refractivity contribution in [3.63, 3.8) is 0 Å². The predicted molar refractivity (Wildman–Crippen MR) is 98.8 cm³/mol. The van der Waals surface area contributed by atoms with Gasteiger partial charge in [-0.25, -0.2) is 14.2 Å². The summed E-state index contributed by atoms with van der Waals surface area (Å²) < 4.78 is 9.13. The number of carbonyl (C=O) groups excluding carboxylic acids is 1. The molecular formula is C19H16N2O2S. The lowest BCUT2D eigenvalue weighted by molar-refractivity contribution is 0.0519. The molecule has 2 aromatic rings. The first-order valence-corrected chi connectivity index (χ1v) is 8.42. The molecule has 0 saturated heterocycles. The summed E-state index contributed by atoms with van der Waals surface area (Å²) in [5.41, 5.74) is 4.22. The summed E-state index contributed by atoms with van der Waals surface area (Å²) in [5, 5.41) is 1.95. The first kappa shape index (κ1) is 16.2. The van der Waals surface area contributed by atoms with Gasteiger partial charge in [0, 0.05) is 23.7 Å². The van der Waals surface area contributed by atoms with Gasteiger partial charge in [0.25, 0.3) is 0 Å². The SMILES string of the molecule is CCOC(=O)c1cccc(-c2ccc(C3=CC=NSC=C3)cc2)n1. The summed E-state index contributed by atoms with van der Waals surface area (Å²) in [6.45, 7) is 2.12. The Morgan fingerprint density at radius 1 is 1.12 bits per heavy atom. The number of nitrogens with zero attached hydrogens (tertiary/aromatic N) is 2. The molecule has 3 rings (SSSR count). The van der Waals surface area contributed by atoms with Gasteiger partial charge in [0.05, 0.1) is 12.3 Å². The molecule has 0 amide bonds. The number of pyridine rings is 1. The highest BCUT2D eigenvalue weighted by molar-refractivity contribution is 8.01. The molecule has 0 fully saturated rings. The van der Waals surface area contributed by atoms with Crippen molar-refractivity contribution in [1.29, 1.82) is 0 Å². The highest BCUT2D eigenvalue weighted by Crippen LogP contribution is 2.24. The maximum absolute atomic E-state index is 11.8. The molecule has 0 aliphatic carbocycles. The van der Waals surface area contributed by atoms with Crippen molar-refractivity contribution in [3.8, 4) is 11.3 Å². The first-order chi connectivity index (χ1) is 11.8. The zero-order valence-corrected chi connectivity index (χ0v) is 14.0. The van der Waals surface area contributed by atoms with Gasteiger partial charge in [0.15, 0.2) is 0 Å². The third-order valence-electron chi connectivity index (χ3n) is 3.43. The number of rotatable bonds is 4. The number of ether oxygens (including phenoxy) is 1. The smallest absolute Gasteiger partial charge is 0.356 e. The van der Waals surface area contributed by atoms with Gasteiger partial charge in [0.2, 0.25) is 0 Å². The average molecular weight is 336 g/mol. The summed E-state index contributed by atoms with van der Waals surface area (Å²) >= 11 is 1.41. The van der Waals surface area contributed by atoms with Crippen LogP contribution in [-0.4, -0.2) is 23.8 Å². The molecule has 1 aromatic carbocycles. The van der Waals surface area contributed by atoms with E-state index in [9.17, 15) is 4.79 Å². The van der Waals surface area contributed by atoms with Crippen LogP contribution < -0.4 is 0 Å². The van der Waals surface area contributed by atoms with E-state index in [2.05, 4.69) is 9.38 Å². The second kappa shape index (κ2) is 7.75. The van der Waals surface area contributed by atoms with Gasteiger partial charge in [-0.2, -0.15) is 0 Å². The number of benzene rings is 1. The molecule has 0 unspecified atom stereocenters. The van der Waals surface area contributed by atoms with E-state index in [1.807, 2.05) is 54.0 Å². The molecule has 2 heterocycles. The minimum atomic E-state index is -0.401. The van der Waals surface area contributed by atoms with Crippen molar-refractivity contribution < 1.29 is 9.53 Å². The predicted octanol–water partition coefficient (Wildman–Crippen LogP) is 4.56. The van der Waals surface area contributed by atoms with Gasteiger partial charge in [-0.05, 0) is 47.8 Å². The van der Waals surface area contributed by atoms with E-state index in [0.717, 1.165) is 22.4 Å². The number of aromatic nitrogens is 1. The third-order valence-corrected chi connectivity index (χ3v) is 3.93. The Labute approximate surface area is 145 Å². The topological polar surface area (TPSA) is 51.5 Å². The van der Waals surface area contributed by atoms with Gasteiger partial charge in [0.1, 0.15) is 5.69 Å². The van der Waals surface area contributed by atoms with Crippen molar-refractivity contribution >= 4 is 29.7 Å². The molecule has 4 nitrogen and oxygen atoms in total. The Kier molecular flexibility index (Phi) is 5.23. The Morgan fingerprint density at radius 2 is 1.92 bits per heavy atom. The largest absolute Gasteiger partial charge is 0.461 e. The molecule has 5 heteroatoms. The van der Waals surface area contributed by atoms with E-state index in [-0.39, 0.29) is 0 Å². The van der Waals surface area contributed by atoms with Crippen LogP contribution in [0, 0.1) is 0 Å². The molecule has 120 valence electrons. The second-order valence-corrected chi connectivity index (χ2v) is 5.68. The molecule has 0 atom stereocenters. The Balaban J connectivity index is 1.86. The second-order valence-electron chi connectivity index (χ2n) is 4.99. The lowest BCUT2D eigenvalue weighted by Crippen LogP contribution is -2.07. The molecule has 24 heavy (non-hydrogen) atoms. The number of hydrogen-bond donors (Lipinski definition) is 0. The van der Waals surface area contributed by atoms with Crippen LogP contribution >= 0.6 is 11.9 Å². The summed E-state index contributed by atoms with van der Waals surface area (Å²) in [4.78, 5) is 16.2. The van der Waals surface area contributed by atoms with E-state index in [1.165, 1.54) is 11.9 Å². The lowest BCUT2D eigenvalue weighted by Gasteiger charge is -2.06. The van der Waals surface area contributed by atoms with Crippen LogP contribution in [0.15, 0.2) is 64.4 Å². The lowest BCUT2D eigenvalue weighted by atomic mass is 10.0. The molecule has 0 saturated carbocycles. The van der Waals surface area contributed by atoms with Gasteiger partial charge in [-0.1, -0.05) is 30.3 Å². The van der Waals surface area contributed by atoms with Crippen molar-refractivity contribution in [3.05, 3.63) is 71.3 Å². The van der Waals surface area contributed by atoms with Crippen LogP contribution in [0.1, 0.15) is 23.0 Å². The molecule has 0 spiro atoms. The van der Waals surface area contributed by atoms with Crippen LogP contribution in [0.25, 0.3) is 16.8 Å². The van der Waals surface area contributed by atoms with Crippen molar-refractivity contribution in [2.75, 3.05) is 6.61 Å². The number of allylic oxidation sites excluding steroid dienone is 3. The molecule has 0 N–H and O–H groups in total. The molecule has 0 radical (unpaired) electrons. The van der Waals surface area contributed by atoms with Crippen LogP contribution in [0.2, 0.25) is 0 Å². The van der Waals surface area contributed by atoms with Gasteiger partial charge >= 0.3 is 5.97 Å². The van der Waals surface area contributed by atoms with Crippen molar-refractivity contribution in [2.45, 2.75) is 6.92 Å². The zero-order chi connectivity index (χ0) is 16.8. The fourth-order valence-electron chi connectivity index (χ4n) is 2.28. The van der Waals surface area contributed by atoms with Crippen molar-refractivity contribution in [2.24, 2.45) is 4.40 Å². The number of carbonyl (C=O) groups is 1. The van der Waals surface area contributed by atoms with Crippen molar-refractivity contribution in [1.82, 2.24) is 4.98 Å². The first-order valence-electron chi connectivity index (χ1n) is 7.59. The summed E-state index contributed by atoms with van der Waals surface area (Å²) in [6, 6.07) is 13.4. The molecule has 1 aliphatic heterocycles. The normalized spacial score (nSPS) is 13.3. The van der Waals surface area contributed by atoms with Crippen LogP contribution in [0.4, 0.5) is 0 Å². The summed E-state index contributed by atoms with van der Waals surface area (Å²) in [7, 11) is 0. The minimum absolute atomic E-state index is 0.320. The monoisotopic (exact) mass is 336 g/mol. The molecule has 0 bridgehead atoms. The van der Waals surface area contributed by atoms with Gasteiger partial charge in [-0.3, -0.25) is 0 Å². The van der Waals surface area contributed by atoms with E-state index in [1.54, 1.807) is 19.2 Å². The Bertz CT molecular complexity index is 824. The quantitative estimate of drug-likeness (QED) is 0.607. The highest BCUT2D eigenvalue weighted by atomic mass is 32.2. The van der Waals surface area contributed by atoms with E-state index in [0.29, 0.717) is 12.3 Å². The van der Waals surface area contributed by atoms with Gasteiger partial charge in [-0.15, -0.1) is 0 Å². The maximum Gasteiger partial charge on any atom is 0.356 e. The highest BCUT2D eigenvalue weighted by Gasteiger charge is 2.09. The fourth-order valence-corrected chi connectivity index (χ4v) is 2.69. The van der Waals surface area contributed by atoms with Crippen LogP contribution in [0.3, 0.4) is 0 Å². The molecular weight excluding hydrogens is 320 g/mol. The number of esters is 1. The summed E-state index contributed by atoms with van der Waals surface area (Å²) in [6.07, 6.45) is 5.80. The minimum Gasteiger partial charge on any atom is -0.461 e. The van der Waals surface area contributed by atoms with E-state index >= 15 is 0 Å². The average Bonchev–Trinajstić information content (AvgIpc) is 2.92. The maximum atomic E-state index is 11.8. The fraction of sp³-hybridized carbons (Fsp3) is 0.105. The van der Waals surface area contributed by atoms with Crippen LogP contribution in [-0.2, 0) is 4.74 Å². The van der Waals surface area contributed by atoms with Crippen LogP contribution in [0.5, 0.6) is 0 Å².